The largest absolute Gasteiger partial charge is 0.494 e. The Labute approximate surface area is 203 Å². The maximum absolute atomic E-state index is 12.6. The fourth-order valence-electron chi connectivity index (χ4n) is 3.07. The molecule has 4 rings (SSSR count). The Balaban J connectivity index is 1.52. The van der Waals surface area contributed by atoms with Crippen LogP contribution in [0.5, 0.6) is 5.75 Å². The standard InChI is InChI=1S/C22H15Cl3N4O2S/c1-31-19-14(24)8-12(9-15(19)25)21(30)29-22(32)28-18-10-11(6-7-13(18)23)20-26-16-4-2-3-5-17(16)27-20/h2-10H,1H3,(H,26,27)(H2,28,29,30,32). The Morgan fingerprint density at radius 2 is 1.75 bits per heavy atom. The molecule has 32 heavy (non-hydrogen) atoms. The Bertz CT molecular complexity index is 1300. The number of fused-ring (bicyclic) bond motifs is 1. The number of hydrogen-bond acceptors (Lipinski definition) is 4. The first-order chi connectivity index (χ1) is 15.4. The summed E-state index contributed by atoms with van der Waals surface area (Å²) in [4.78, 5) is 20.4. The van der Waals surface area contributed by atoms with Gasteiger partial charge in [0, 0.05) is 11.1 Å². The summed E-state index contributed by atoms with van der Waals surface area (Å²) in [5, 5.41) is 6.44. The van der Waals surface area contributed by atoms with E-state index in [9.17, 15) is 4.79 Å². The Kier molecular flexibility index (Phi) is 6.53. The van der Waals surface area contributed by atoms with E-state index in [0.29, 0.717) is 22.3 Å². The fourth-order valence-corrected chi connectivity index (χ4v) is 4.08. The van der Waals surface area contributed by atoms with E-state index < -0.39 is 5.91 Å². The van der Waals surface area contributed by atoms with Crippen molar-refractivity contribution in [2.24, 2.45) is 0 Å². The summed E-state index contributed by atoms with van der Waals surface area (Å²) in [7, 11) is 1.44. The number of nitrogens with zero attached hydrogens (tertiary/aromatic N) is 1. The second kappa shape index (κ2) is 9.34. The number of aromatic amines is 1. The molecule has 1 amide bonds. The molecule has 0 aliphatic rings. The number of H-pyrrole nitrogens is 1. The molecule has 0 aliphatic carbocycles. The first-order valence-electron chi connectivity index (χ1n) is 9.25. The molecule has 0 radical (unpaired) electrons. The highest BCUT2D eigenvalue weighted by Gasteiger charge is 2.15. The van der Waals surface area contributed by atoms with Crippen LogP contribution in [0.4, 0.5) is 5.69 Å². The number of imidazole rings is 1. The predicted octanol–water partition coefficient (Wildman–Crippen LogP) is 6.33. The minimum absolute atomic E-state index is 0.0571. The predicted molar refractivity (Wildman–Crippen MR) is 133 cm³/mol. The van der Waals surface area contributed by atoms with Gasteiger partial charge in [-0.15, -0.1) is 0 Å². The van der Waals surface area contributed by atoms with Crippen LogP contribution in [0.2, 0.25) is 15.1 Å². The van der Waals surface area contributed by atoms with Gasteiger partial charge in [-0.05, 0) is 54.7 Å². The molecule has 0 spiro atoms. The van der Waals surface area contributed by atoms with E-state index in [1.54, 1.807) is 12.1 Å². The molecule has 0 fully saturated rings. The SMILES string of the molecule is COc1c(Cl)cc(C(=O)NC(=S)Nc2cc(-c3nc4ccccc4[nH]3)ccc2Cl)cc1Cl. The van der Waals surface area contributed by atoms with Crippen molar-refractivity contribution in [3.05, 3.63) is 75.2 Å². The minimum Gasteiger partial charge on any atom is -0.494 e. The highest BCUT2D eigenvalue weighted by Crippen LogP contribution is 2.34. The molecule has 0 aliphatic heterocycles. The van der Waals surface area contributed by atoms with Gasteiger partial charge in [0.15, 0.2) is 10.9 Å². The van der Waals surface area contributed by atoms with Gasteiger partial charge >= 0.3 is 0 Å². The molecule has 10 heteroatoms. The zero-order chi connectivity index (χ0) is 22.8. The van der Waals surface area contributed by atoms with Crippen LogP contribution in [0.3, 0.4) is 0 Å². The number of nitrogens with one attached hydrogen (secondary N) is 3. The third-order valence-corrected chi connectivity index (χ3v) is 5.66. The van der Waals surface area contributed by atoms with Crippen molar-refractivity contribution >= 4 is 74.8 Å². The summed E-state index contributed by atoms with van der Waals surface area (Å²) in [6, 6.07) is 16.0. The molecular weight excluding hydrogens is 491 g/mol. The number of thiocarbonyl (C=S) groups is 1. The molecule has 6 nitrogen and oxygen atoms in total. The lowest BCUT2D eigenvalue weighted by molar-refractivity contribution is 0.0977. The van der Waals surface area contributed by atoms with Crippen molar-refractivity contribution in [2.75, 3.05) is 12.4 Å². The quantitative estimate of drug-likeness (QED) is 0.283. The van der Waals surface area contributed by atoms with Gasteiger partial charge in [-0.1, -0.05) is 46.9 Å². The Morgan fingerprint density at radius 3 is 2.44 bits per heavy atom. The number of rotatable bonds is 4. The van der Waals surface area contributed by atoms with E-state index in [2.05, 4.69) is 20.6 Å². The van der Waals surface area contributed by atoms with E-state index in [0.717, 1.165) is 16.6 Å². The van der Waals surface area contributed by atoms with Crippen molar-refractivity contribution < 1.29 is 9.53 Å². The van der Waals surface area contributed by atoms with Crippen LogP contribution in [0.25, 0.3) is 22.4 Å². The smallest absolute Gasteiger partial charge is 0.257 e. The second-order valence-electron chi connectivity index (χ2n) is 6.68. The molecule has 1 aromatic heterocycles. The van der Waals surface area contributed by atoms with Gasteiger partial charge in [0.1, 0.15) is 5.82 Å². The number of hydrogen-bond donors (Lipinski definition) is 3. The van der Waals surface area contributed by atoms with Gasteiger partial charge in [0.25, 0.3) is 5.91 Å². The van der Waals surface area contributed by atoms with Crippen molar-refractivity contribution in [1.29, 1.82) is 0 Å². The topological polar surface area (TPSA) is 79.0 Å². The third kappa shape index (κ3) is 4.66. The van der Waals surface area contributed by atoms with Gasteiger partial charge in [-0.25, -0.2) is 4.98 Å². The second-order valence-corrected chi connectivity index (χ2v) is 8.31. The summed E-state index contributed by atoms with van der Waals surface area (Å²) in [5.74, 6) is 0.488. The lowest BCUT2D eigenvalue weighted by Crippen LogP contribution is -2.34. The lowest BCUT2D eigenvalue weighted by atomic mass is 10.2. The monoisotopic (exact) mass is 504 g/mol. The molecule has 3 N–H and O–H groups in total. The minimum atomic E-state index is -0.487. The van der Waals surface area contributed by atoms with Crippen LogP contribution in [0.15, 0.2) is 54.6 Å². The molecule has 0 saturated heterocycles. The van der Waals surface area contributed by atoms with Gasteiger partial charge < -0.3 is 15.0 Å². The lowest BCUT2D eigenvalue weighted by Gasteiger charge is -2.13. The average molecular weight is 506 g/mol. The van der Waals surface area contributed by atoms with Crippen LogP contribution >= 0.6 is 47.0 Å². The highest BCUT2D eigenvalue weighted by atomic mass is 35.5. The van der Waals surface area contributed by atoms with Crippen molar-refractivity contribution in [2.45, 2.75) is 0 Å². The van der Waals surface area contributed by atoms with Gasteiger partial charge in [0.2, 0.25) is 0 Å². The molecule has 0 unspecified atom stereocenters. The van der Waals surface area contributed by atoms with Crippen LogP contribution in [0, 0.1) is 0 Å². The van der Waals surface area contributed by atoms with Crippen LogP contribution in [0.1, 0.15) is 10.4 Å². The third-order valence-electron chi connectivity index (χ3n) is 4.57. The maximum Gasteiger partial charge on any atom is 0.257 e. The summed E-state index contributed by atoms with van der Waals surface area (Å²) in [5.41, 5.74) is 3.32. The molecule has 1 heterocycles. The number of para-hydroxylation sites is 2. The number of halogens is 3. The molecule has 0 bridgehead atoms. The zero-order valence-corrected chi connectivity index (χ0v) is 19.6. The van der Waals surface area contributed by atoms with E-state index in [1.807, 2.05) is 30.3 Å². The number of ether oxygens (including phenoxy) is 1. The number of methoxy groups -OCH3 is 1. The van der Waals surface area contributed by atoms with Crippen molar-refractivity contribution in [3.8, 4) is 17.1 Å². The Hall–Kier alpha value is -2.84. The number of benzene rings is 3. The molecule has 162 valence electrons. The van der Waals surface area contributed by atoms with Crippen molar-refractivity contribution in [3.63, 3.8) is 0 Å². The summed E-state index contributed by atoms with van der Waals surface area (Å²) < 4.78 is 5.09. The van der Waals surface area contributed by atoms with E-state index in [1.165, 1.54) is 19.2 Å². The Morgan fingerprint density at radius 1 is 1.03 bits per heavy atom. The van der Waals surface area contributed by atoms with Gasteiger partial charge in [-0.3, -0.25) is 10.1 Å². The molecule has 4 aromatic rings. The van der Waals surface area contributed by atoms with Crippen LogP contribution in [-0.4, -0.2) is 28.1 Å². The maximum atomic E-state index is 12.6. The first kappa shape index (κ1) is 22.4. The van der Waals surface area contributed by atoms with Gasteiger partial charge in [-0.2, -0.15) is 0 Å². The number of amides is 1. The van der Waals surface area contributed by atoms with Gasteiger partial charge in [0.05, 0.1) is 38.9 Å². The van der Waals surface area contributed by atoms with Crippen LogP contribution in [-0.2, 0) is 0 Å². The molecule has 0 atom stereocenters. The first-order valence-corrected chi connectivity index (χ1v) is 10.8. The van der Waals surface area contributed by atoms with Crippen molar-refractivity contribution in [1.82, 2.24) is 15.3 Å². The number of anilines is 1. The normalized spacial score (nSPS) is 10.8. The van der Waals surface area contributed by atoms with Crippen LogP contribution < -0.4 is 15.4 Å². The molecule has 3 aromatic carbocycles. The van der Waals surface area contributed by atoms with E-state index in [4.69, 9.17) is 51.8 Å². The summed E-state index contributed by atoms with van der Waals surface area (Å²) in [6.45, 7) is 0. The number of aromatic nitrogens is 2. The molecule has 0 saturated carbocycles. The van der Waals surface area contributed by atoms with E-state index >= 15 is 0 Å². The zero-order valence-electron chi connectivity index (χ0n) is 16.5. The number of carbonyl (C=O) groups is 1. The average Bonchev–Trinajstić information content (AvgIpc) is 3.19. The number of carbonyl (C=O) groups excluding carboxylic acids is 1. The fraction of sp³-hybridized carbons (Fsp3) is 0.0455. The molecular formula is C22H15Cl3N4O2S. The van der Waals surface area contributed by atoms with E-state index in [-0.39, 0.29) is 20.7 Å². The summed E-state index contributed by atoms with van der Waals surface area (Å²) in [6.07, 6.45) is 0. The summed E-state index contributed by atoms with van der Waals surface area (Å²) >= 11 is 23.8. The highest BCUT2D eigenvalue weighted by molar-refractivity contribution is 7.80.